The fourth-order valence-electron chi connectivity index (χ4n) is 12.3. The van der Waals surface area contributed by atoms with Crippen LogP contribution in [-0.4, -0.2) is 87.1 Å². The first-order valence-electron chi connectivity index (χ1n) is 25.3. The van der Waals surface area contributed by atoms with E-state index in [1.165, 1.54) is 67.7 Å². The van der Waals surface area contributed by atoms with Gasteiger partial charge in [-0.15, -0.1) is 0 Å². The van der Waals surface area contributed by atoms with E-state index in [9.17, 15) is 19.2 Å². The highest BCUT2D eigenvalue weighted by molar-refractivity contribution is 5.91. The van der Waals surface area contributed by atoms with Crippen molar-refractivity contribution >= 4 is 35.0 Å². The number of allylic oxidation sites excluding steroid dienone is 2. The molecule has 11 rings (SSSR count). The maximum absolute atomic E-state index is 14.2. The maximum Gasteiger partial charge on any atom is 0.407 e. The Hall–Kier alpha value is -7.48. The molecule has 3 fully saturated rings. The molecule has 4 amide bonds. The number of imidazole rings is 2. The molecule has 4 aromatic carbocycles. The highest BCUT2D eigenvalue weighted by Crippen LogP contribution is 2.55. The number of nitrogens with one attached hydrogen (secondary N) is 4. The van der Waals surface area contributed by atoms with Crippen molar-refractivity contribution in [3.63, 3.8) is 0 Å². The lowest BCUT2D eigenvalue weighted by Crippen LogP contribution is -2.49. The number of ether oxygens (including phenoxy) is 2. The number of likely N-dealkylation sites (tertiary alicyclic amines) is 2. The second-order valence-electron chi connectivity index (χ2n) is 19.7. The first-order chi connectivity index (χ1) is 34.7. The molecule has 4 N–H and O–H groups in total. The Morgan fingerprint density at radius 1 is 0.704 bits per heavy atom. The molecule has 4 heterocycles. The lowest BCUT2D eigenvalue weighted by atomic mass is 9.76. The van der Waals surface area contributed by atoms with Gasteiger partial charge in [0.2, 0.25) is 0 Å². The van der Waals surface area contributed by atoms with E-state index in [0.29, 0.717) is 18.7 Å². The van der Waals surface area contributed by atoms with Crippen molar-refractivity contribution in [2.24, 2.45) is 0 Å². The van der Waals surface area contributed by atoms with Gasteiger partial charge in [-0.05, 0) is 132 Å². The van der Waals surface area contributed by atoms with Gasteiger partial charge in [0.1, 0.15) is 23.7 Å². The van der Waals surface area contributed by atoms with Crippen molar-refractivity contribution in [1.82, 2.24) is 40.4 Å². The molecule has 1 unspecified atom stereocenters. The first kappa shape index (κ1) is 45.9. The van der Waals surface area contributed by atoms with Gasteiger partial charge in [0, 0.05) is 13.1 Å². The Balaban J connectivity index is 0.848. The number of hydrogen-bond acceptors (Lipinski definition) is 8. The largest absolute Gasteiger partial charge is 0.453 e. The van der Waals surface area contributed by atoms with E-state index in [1.54, 1.807) is 0 Å². The quantitative estimate of drug-likeness (QED) is 0.0993. The molecule has 2 aliphatic heterocycles. The minimum Gasteiger partial charge on any atom is -0.453 e. The van der Waals surface area contributed by atoms with Crippen LogP contribution in [0.15, 0.2) is 115 Å². The zero-order valence-corrected chi connectivity index (χ0v) is 40.3. The number of nitrogens with zero attached hydrogens (tertiary/aromatic N) is 4. The van der Waals surface area contributed by atoms with Gasteiger partial charge in [-0.25, -0.2) is 19.6 Å². The molecule has 1 spiro atoms. The molecule has 4 atom stereocenters. The monoisotopic (exact) mass is 952 g/mol. The van der Waals surface area contributed by atoms with Gasteiger partial charge in [0.25, 0.3) is 11.8 Å². The van der Waals surface area contributed by atoms with E-state index in [2.05, 4.69) is 75.2 Å². The number of alkyl carbamates (subject to hydrolysis) is 2. The standard InChI is InChI=1S/C57H60N8O6/c1-70-55(68)62-49(37-13-5-3-6-14-37)53(66)64-31-11-17-46(64)51-58-34-45(61-51)36-21-19-35(20-22-36)41-25-24-40(42-27-30-57(48(41)42)28-9-10-29-57)39-23-26-43-44(33-39)60-52(59-43)47-18-12-32-65(47)54(67)50(63-56(69)71-2)38-15-7-4-8-16-38/h4-5,7-8,13-16,19-26,33-34,46-47,49-50H,3,6,9-12,17-18,27-32H2,1-2H3,(H,58,61)(H,59,60)(H,62,68)(H,63,69)/t46-,47-,49-,50?/m0/s1. The fraction of sp³-hybridized carbons (Fsp3) is 0.368. The Labute approximate surface area is 413 Å². The molecule has 3 aliphatic carbocycles. The summed E-state index contributed by atoms with van der Waals surface area (Å²) in [4.78, 5) is 73.8. The summed E-state index contributed by atoms with van der Waals surface area (Å²) >= 11 is 0. The minimum atomic E-state index is -0.884. The minimum absolute atomic E-state index is 0.154. The number of hydrogen-bond donors (Lipinski definition) is 4. The van der Waals surface area contributed by atoms with Gasteiger partial charge >= 0.3 is 12.2 Å². The number of H-pyrrole nitrogens is 2. The van der Waals surface area contributed by atoms with Crippen molar-refractivity contribution in [2.75, 3.05) is 27.3 Å². The summed E-state index contributed by atoms with van der Waals surface area (Å²) in [5, 5.41) is 5.55. The molecule has 14 nitrogen and oxygen atoms in total. The smallest absolute Gasteiger partial charge is 0.407 e. The third-order valence-electron chi connectivity index (χ3n) is 15.8. The van der Waals surface area contributed by atoms with Gasteiger partial charge in [0.05, 0.1) is 49.2 Å². The molecule has 364 valence electrons. The van der Waals surface area contributed by atoms with Crippen LogP contribution in [0.2, 0.25) is 0 Å². The summed E-state index contributed by atoms with van der Waals surface area (Å²) < 4.78 is 9.80. The topological polar surface area (TPSA) is 175 Å². The summed E-state index contributed by atoms with van der Waals surface area (Å²) in [6, 6.07) is 27.0. The van der Waals surface area contributed by atoms with Crippen LogP contribution in [0.25, 0.3) is 44.5 Å². The molecule has 0 bridgehead atoms. The highest BCUT2D eigenvalue weighted by Gasteiger charge is 2.44. The number of aromatic nitrogens is 4. The number of carbonyl (C=O) groups excluding carboxylic acids is 4. The number of carbonyl (C=O) groups is 4. The Bertz CT molecular complexity index is 3060. The average Bonchev–Trinajstić information content (AvgIpc) is 4.29. The van der Waals surface area contributed by atoms with Crippen LogP contribution in [-0.2, 0) is 30.9 Å². The van der Waals surface area contributed by atoms with Crippen molar-refractivity contribution in [2.45, 2.75) is 107 Å². The lowest BCUT2D eigenvalue weighted by Gasteiger charge is -2.29. The SMILES string of the molecule is COC(=O)NC(C(=O)N1CCC[C@H]1c1nc2ccc(-c3ccc(-c4ccc(-c5cnc([C@@H]6CCCN6C(=O)[C@@H](NC(=O)OC)C6=CCCC=C6)[nH]5)cc4)c4c3CCC43CCCC3)cc2[nH]1)c1ccccc1. The van der Waals surface area contributed by atoms with Gasteiger partial charge in [-0.1, -0.05) is 104 Å². The van der Waals surface area contributed by atoms with E-state index in [1.807, 2.05) is 64.6 Å². The van der Waals surface area contributed by atoms with Crippen LogP contribution in [0.1, 0.15) is 117 Å². The molecule has 1 saturated carbocycles. The summed E-state index contributed by atoms with van der Waals surface area (Å²) in [5.41, 5.74) is 13.1. The molecule has 2 saturated heterocycles. The van der Waals surface area contributed by atoms with E-state index in [-0.39, 0.29) is 29.3 Å². The van der Waals surface area contributed by atoms with Crippen LogP contribution in [0.3, 0.4) is 0 Å². The molecule has 0 radical (unpaired) electrons. The van der Waals surface area contributed by atoms with Crippen LogP contribution in [0, 0.1) is 0 Å². The number of amides is 4. The van der Waals surface area contributed by atoms with Crippen LogP contribution >= 0.6 is 0 Å². The van der Waals surface area contributed by atoms with Crippen molar-refractivity contribution in [3.8, 4) is 33.5 Å². The number of fused-ring (bicyclic) bond motifs is 3. The molecule has 14 heteroatoms. The van der Waals surface area contributed by atoms with Crippen LogP contribution < -0.4 is 10.6 Å². The predicted octanol–water partition coefficient (Wildman–Crippen LogP) is 10.5. The molecule has 2 aromatic heterocycles. The predicted molar refractivity (Wildman–Crippen MR) is 271 cm³/mol. The number of benzene rings is 4. The van der Waals surface area contributed by atoms with E-state index in [4.69, 9.17) is 19.4 Å². The third kappa shape index (κ3) is 8.67. The Morgan fingerprint density at radius 2 is 1.37 bits per heavy atom. The number of methoxy groups -OCH3 is 2. The van der Waals surface area contributed by atoms with Crippen molar-refractivity contribution in [3.05, 3.63) is 143 Å². The Kier molecular flexibility index (Phi) is 12.5. The summed E-state index contributed by atoms with van der Waals surface area (Å²) in [6.45, 7) is 1.14. The molecule has 71 heavy (non-hydrogen) atoms. The van der Waals surface area contributed by atoms with Crippen molar-refractivity contribution < 1.29 is 28.7 Å². The van der Waals surface area contributed by atoms with Crippen molar-refractivity contribution in [1.29, 1.82) is 0 Å². The van der Waals surface area contributed by atoms with Crippen LogP contribution in [0.4, 0.5) is 9.59 Å². The summed E-state index contributed by atoms with van der Waals surface area (Å²) in [5.74, 6) is 1.12. The second kappa shape index (κ2) is 19.4. The van der Waals surface area contributed by atoms with E-state index >= 15 is 0 Å². The van der Waals surface area contributed by atoms with Gasteiger partial charge in [-0.3, -0.25) is 9.59 Å². The average molecular weight is 953 g/mol. The van der Waals surface area contributed by atoms with Gasteiger partial charge < -0.3 is 39.9 Å². The number of aromatic amines is 2. The zero-order chi connectivity index (χ0) is 48.6. The highest BCUT2D eigenvalue weighted by atomic mass is 16.5. The zero-order valence-electron chi connectivity index (χ0n) is 40.3. The molecule has 5 aliphatic rings. The van der Waals surface area contributed by atoms with E-state index in [0.717, 1.165) is 96.4 Å². The van der Waals surface area contributed by atoms with Gasteiger partial charge in [-0.2, -0.15) is 0 Å². The normalized spacial score (nSPS) is 19.9. The van der Waals surface area contributed by atoms with Crippen LogP contribution in [0.5, 0.6) is 0 Å². The summed E-state index contributed by atoms with van der Waals surface area (Å²) in [7, 11) is 2.61. The fourth-order valence-corrected chi connectivity index (χ4v) is 12.3. The molecular weight excluding hydrogens is 893 g/mol. The third-order valence-corrected chi connectivity index (χ3v) is 15.8. The number of rotatable bonds is 11. The van der Waals surface area contributed by atoms with E-state index < -0.39 is 24.3 Å². The lowest BCUT2D eigenvalue weighted by molar-refractivity contribution is -0.135. The second-order valence-corrected chi connectivity index (χ2v) is 19.7. The molecular formula is C57H60N8O6. The Morgan fingerprint density at radius 3 is 2.07 bits per heavy atom. The van der Waals surface area contributed by atoms with Gasteiger partial charge in [0.15, 0.2) is 0 Å². The maximum atomic E-state index is 14.2. The first-order valence-corrected chi connectivity index (χ1v) is 25.3. The summed E-state index contributed by atoms with van der Waals surface area (Å²) in [6.07, 6.45) is 18.5. The molecule has 6 aromatic rings.